The molecule has 1 heterocycles. The Hall–Kier alpha value is -1.38. The minimum absolute atomic E-state index is 0.124. The van der Waals surface area contributed by atoms with Gasteiger partial charge in [0.15, 0.2) is 0 Å². The third kappa shape index (κ3) is 3.65. The fraction of sp³-hybridized carbons (Fsp3) is 0.647. The lowest BCUT2D eigenvalue weighted by Crippen LogP contribution is -2.60. The molecule has 5 atom stereocenters. The molecular weight excluding hydrogens is 316 g/mol. The van der Waals surface area contributed by atoms with E-state index in [9.17, 15) is 20.4 Å². The Bertz CT molecular complexity index is 558. The van der Waals surface area contributed by atoms with E-state index in [4.69, 9.17) is 14.2 Å². The topological polar surface area (TPSA) is 109 Å². The van der Waals surface area contributed by atoms with Crippen LogP contribution >= 0.6 is 0 Å². The number of ether oxygens (including phenoxy) is 3. The molecule has 24 heavy (non-hydrogen) atoms. The van der Waals surface area contributed by atoms with E-state index < -0.39 is 37.3 Å². The molecule has 2 rings (SSSR count). The van der Waals surface area contributed by atoms with Gasteiger partial charge in [-0.1, -0.05) is 13.8 Å². The molecule has 4 N–H and O–H groups in total. The van der Waals surface area contributed by atoms with Gasteiger partial charge in [0.1, 0.15) is 35.9 Å². The van der Waals surface area contributed by atoms with Gasteiger partial charge >= 0.3 is 0 Å². The minimum atomic E-state index is -1.47. The Kier molecular flexibility index (Phi) is 6.06. The molecule has 1 saturated heterocycles. The molecule has 7 nitrogen and oxygen atoms in total. The molecule has 0 amide bonds. The molecule has 1 aromatic carbocycles. The predicted molar refractivity (Wildman–Crippen MR) is 86.2 cm³/mol. The maximum Gasteiger partial charge on any atom is 0.229 e. The van der Waals surface area contributed by atoms with E-state index in [0.29, 0.717) is 5.75 Å². The van der Waals surface area contributed by atoms with E-state index in [1.54, 1.807) is 13.2 Å². The van der Waals surface area contributed by atoms with E-state index >= 15 is 0 Å². The second kappa shape index (κ2) is 7.67. The van der Waals surface area contributed by atoms with E-state index in [1.165, 1.54) is 0 Å². The van der Waals surface area contributed by atoms with Crippen molar-refractivity contribution >= 4 is 0 Å². The summed E-state index contributed by atoms with van der Waals surface area (Å²) in [6.45, 7) is 5.35. The Morgan fingerprint density at radius 2 is 1.75 bits per heavy atom. The first-order valence-electron chi connectivity index (χ1n) is 7.95. The monoisotopic (exact) mass is 342 g/mol. The number of aliphatic hydroxyl groups excluding tert-OH is 4. The molecular formula is C17H26O7. The van der Waals surface area contributed by atoms with Gasteiger partial charge in [-0.05, 0) is 30.5 Å². The number of aryl methyl sites for hydroxylation is 1. The summed E-state index contributed by atoms with van der Waals surface area (Å²) < 4.78 is 16.5. The smallest absolute Gasteiger partial charge is 0.229 e. The highest BCUT2D eigenvalue weighted by atomic mass is 16.7. The first kappa shape index (κ1) is 19.0. The van der Waals surface area contributed by atoms with Gasteiger partial charge in [-0.15, -0.1) is 0 Å². The van der Waals surface area contributed by atoms with E-state index in [2.05, 4.69) is 0 Å². The third-order valence-electron chi connectivity index (χ3n) is 4.24. The number of benzene rings is 1. The number of hydrogen-bond donors (Lipinski definition) is 4. The lowest BCUT2D eigenvalue weighted by molar-refractivity contribution is -0.277. The molecule has 1 aromatic rings. The fourth-order valence-electron chi connectivity index (χ4n) is 2.74. The molecule has 0 unspecified atom stereocenters. The van der Waals surface area contributed by atoms with Gasteiger partial charge in [-0.25, -0.2) is 0 Å². The summed E-state index contributed by atoms with van der Waals surface area (Å²) in [6, 6.07) is 3.63. The van der Waals surface area contributed by atoms with Crippen molar-refractivity contribution in [2.45, 2.75) is 57.4 Å². The fourth-order valence-corrected chi connectivity index (χ4v) is 2.74. The zero-order valence-electron chi connectivity index (χ0n) is 14.3. The molecule has 0 aromatic heterocycles. The van der Waals surface area contributed by atoms with Crippen molar-refractivity contribution < 1.29 is 34.6 Å². The van der Waals surface area contributed by atoms with Crippen LogP contribution in [0.3, 0.4) is 0 Å². The van der Waals surface area contributed by atoms with Crippen molar-refractivity contribution in [2.24, 2.45) is 0 Å². The predicted octanol–water partition coefficient (Wildman–Crippen LogP) is 0.306. The van der Waals surface area contributed by atoms with Gasteiger partial charge in [-0.2, -0.15) is 0 Å². The summed E-state index contributed by atoms with van der Waals surface area (Å²) in [7, 11) is 1.59. The first-order chi connectivity index (χ1) is 11.3. The highest BCUT2D eigenvalue weighted by Crippen LogP contribution is 2.35. The maximum atomic E-state index is 10.1. The molecule has 1 aliphatic rings. The molecule has 0 bridgehead atoms. The van der Waals surface area contributed by atoms with Crippen LogP contribution in [0.1, 0.15) is 30.9 Å². The SMILES string of the molecule is COc1cc(C(C)C)c(O[C@@H]2O[C@H](CO)[C@@H](O)[C@H](O)[C@H]2O)cc1C. The Morgan fingerprint density at radius 3 is 2.29 bits per heavy atom. The van der Waals surface area contributed by atoms with E-state index in [1.807, 2.05) is 26.8 Å². The molecule has 0 radical (unpaired) electrons. The average molecular weight is 342 g/mol. The third-order valence-corrected chi connectivity index (χ3v) is 4.24. The van der Waals surface area contributed by atoms with Crippen LogP contribution in [0.5, 0.6) is 11.5 Å². The van der Waals surface area contributed by atoms with Gasteiger partial charge in [0, 0.05) is 5.56 Å². The molecule has 7 heteroatoms. The Morgan fingerprint density at radius 1 is 1.08 bits per heavy atom. The van der Waals surface area contributed by atoms with Crippen LogP contribution in [0.15, 0.2) is 12.1 Å². The Labute approximate surface area is 141 Å². The van der Waals surface area contributed by atoms with E-state index in [-0.39, 0.29) is 5.92 Å². The van der Waals surface area contributed by atoms with Crippen LogP contribution in [0.2, 0.25) is 0 Å². The highest BCUT2D eigenvalue weighted by molar-refractivity contribution is 5.47. The van der Waals surface area contributed by atoms with Crippen molar-refractivity contribution in [1.82, 2.24) is 0 Å². The molecule has 1 aliphatic heterocycles. The standard InChI is InChI=1S/C17H26O7/c1-8(2)10-6-11(22-4)9(3)5-12(10)23-17-16(21)15(20)14(19)13(7-18)24-17/h5-6,8,13-21H,7H2,1-4H3/t13-,14-,15+,16-,17-/m1/s1. The summed E-state index contributed by atoms with van der Waals surface area (Å²) in [5.41, 5.74) is 1.70. The quantitative estimate of drug-likeness (QED) is 0.610. The van der Waals surface area contributed by atoms with Crippen LogP contribution in [0, 0.1) is 6.92 Å². The zero-order chi connectivity index (χ0) is 18.0. The summed E-state index contributed by atoms with van der Waals surface area (Å²) >= 11 is 0. The maximum absolute atomic E-state index is 10.1. The lowest BCUT2D eigenvalue weighted by atomic mass is 9.98. The van der Waals surface area contributed by atoms with Crippen molar-refractivity contribution in [1.29, 1.82) is 0 Å². The second-order valence-corrected chi connectivity index (χ2v) is 6.33. The highest BCUT2D eigenvalue weighted by Gasteiger charge is 2.44. The summed E-state index contributed by atoms with van der Waals surface area (Å²) in [6.07, 6.45) is -6.53. The van der Waals surface area contributed by atoms with Crippen LogP contribution < -0.4 is 9.47 Å². The molecule has 1 fully saturated rings. The zero-order valence-corrected chi connectivity index (χ0v) is 14.3. The number of rotatable bonds is 5. The van der Waals surface area contributed by atoms with Crippen LogP contribution in [-0.4, -0.2) is 64.8 Å². The minimum Gasteiger partial charge on any atom is -0.496 e. The summed E-state index contributed by atoms with van der Waals surface area (Å²) in [5, 5.41) is 39.1. The largest absolute Gasteiger partial charge is 0.496 e. The van der Waals surface area contributed by atoms with Gasteiger partial charge in [0.05, 0.1) is 13.7 Å². The van der Waals surface area contributed by atoms with Crippen LogP contribution in [0.4, 0.5) is 0 Å². The normalized spacial score (nSPS) is 30.5. The van der Waals surface area contributed by atoms with Crippen molar-refractivity contribution in [3.05, 3.63) is 23.3 Å². The summed E-state index contributed by atoms with van der Waals surface area (Å²) in [5.74, 6) is 1.34. The molecule has 0 saturated carbocycles. The number of methoxy groups -OCH3 is 1. The summed E-state index contributed by atoms with van der Waals surface area (Å²) in [4.78, 5) is 0. The number of aliphatic hydroxyl groups is 4. The second-order valence-electron chi connectivity index (χ2n) is 6.33. The van der Waals surface area contributed by atoms with Crippen molar-refractivity contribution in [3.8, 4) is 11.5 Å². The first-order valence-corrected chi connectivity index (χ1v) is 7.95. The van der Waals surface area contributed by atoms with E-state index in [0.717, 1.165) is 16.9 Å². The average Bonchev–Trinajstić information content (AvgIpc) is 2.55. The van der Waals surface area contributed by atoms with Gasteiger partial charge in [0.2, 0.25) is 6.29 Å². The van der Waals surface area contributed by atoms with Crippen molar-refractivity contribution in [3.63, 3.8) is 0 Å². The Balaban J connectivity index is 2.31. The van der Waals surface area contributed by atoms with Crippen LogP contribution in [0.25, 0.3) is 0 Å². The van der Waals surface area contributed by atoms with Crippen LogP contribution in [-0.2, 0) is 4.74 Å². The molecule has 0 spiro atoms. The number of hydrogen-bond acceptors (Lipinski definition) is 7. The van der Waals surface area contributed by atoms with Gasteiger partial charge < -0.3 is 34.6 Å². The van der Waals surface area contributed by atoms with Crippen molar-refractivity contribution in [2.75, 3.05) is 13.7 Å². The van der Waals surface area contributed by atoms with Gasteiger partial charge in [-0.3, -0.25) is 0 Å². The lowest BCUT2D eigenvalue weighted by Gasteiger charge is -2.39. The molecule has 136 valence electrons. The van der Waals surface area contributed by atoms with Gasteiger partial charge in [0.25, 0.3) is 0 Å². The molecule has 0 aliphatic carbocycles.